The van der Waals surface area contributed by atoms with Gasteiger partial charge in [0, 0.05) is 47.4 Å². The number of nitrogens with one attached hydrogen (secondary N) is 2. The Morgan fingerprint density at radius 1 is 1.23 bits per heavy atom. The molecule has 1 aromatic carbocycles. The maximum Gasteiger partial charge on any atom is 0.421 e. The Morgan fingerprint density at radius 3 is 2.35 bits per heavy atom. The van der Waals surface area contributed by atoms with E-state index >= 15 is 0 Å². The summed E-state index contributed by atoms with van der Waals surface area (Å²) in [5, 5.41) is 15.3. The van der Waals surface area contributed by atoms with Gasteiger partial charge in [0.25, 0.3) is 5.92 Å². The van der Waals surface area contributed by atoms with Gasteiger partial charge in [-0.3, -0.25) is 0 Å². The van der Waals surface area contributed by atoms with Crippen LogP contribution in [0.25, 0.3) is 0 Å². The number of hydrogen-bond donors (Lipinski definition) is 3. The van der Waals surface area contributed by atoms with E-state index in [2.05, 4.69) is 20.4 Å². The molecule has 7 nitrogen and oxygen atoms in total. The summed E-state index contributed by atoms with van der Waals surface area (Å²) in [6, 6.07) is 3.53. The molecule has 1 unspecified atom stereocenters. The average molecular weight is 466 g/mol. The van der Waals surface area contributed by atoms with Crippen molar-refractivity contribution in [2.45, 2.75) is 31.5 Å². The van der Waals surface area contributed by atoms with Crippen LogP contribution in [0.1, 0.15) is 25.0 Å². The molecule has 3 N–H and O–H groups in total. The highest BCUT2D eigenvalue weighted by Gasteiger charge is 2.51. The second-order valence-corrected chi connectivity index (χ2v) is 6.99. The zero-order valence-electron chi connectivity index (χ0n) is 16.1. The van der Waals surface area contributed by atoms with Gasteiger partial charge >= 0.3 is 12.2 Å². The molecule has 0 bridgehead atoms. The molecule has 13 heteroatoms. The van der Waals surface area contributed by atoms with Crippen molar-refractivity contribution in [3.63, 3.8) is 0 Å². The quantitative estimate of drug-likeness (QED) is 0.359. The fourth-order valence-corrected chi connectivity index (χ4v) is 2.45. The largest absolute Gasteiger partial charge is 0.457 e. The van der Waals surface area contributed by atoms with Gasteiger partial charge in [-0.05, 0) is 25.1 Å². The van der Waals surface area contributed by atoms with Crippen LogP contribution in [0.15, 0.2) is 47.6 Å². The third-order valence-electron chi connectivity index (χ3n) is 4.08. The second kappa shape index (κ2) is 9.10. The number of anilines is 1. The van der Waals surface area contributed by atoms with Gasteiger partial charge < -0.3 is 15.2 Å². The fourth-order valence-electron chi connectivity index (χ4n) is 2.17. The van der Waals surface area contributed by atoms with Crippen LogP contribution in [0, 0.1) is 5.53 Å². The third-order valence-corrected chi connectivity index (χ3v) is 4.41. The van der Waals surface area contributed by atoms with Gasteiger partial charge in [-0.2, -0.15) is 18.3 Å². The first kappa shape index (κ1) is 24.4. The molecule has 0 aliphatic rings. The van der Waals surface area contributed by atoms with Crippen LogP contribution in [-0.2, 0) is 11.5 Å². The minimum atomic E-state index is -4.92. The molecular formula is C18H17ClF5N5O2. The lowest BCUT2D eigenvalue weighted by atomic mass is 9.99. The van der Waals surface area contributed by atoms with E-state index < -0.39 is 28.8 Å². The lowest BCUT2D eigenvalue weighted by Crippen LogP contribution is -2.39. The number of alkyl halides is 5. The SMILES string of the molecule is CC(F)(F)c1cc(N/C=C(/COc2ncc(C(C)(O)C(F)(F)F)cn2)N=N)ccc1Cl. The van der Waals surface area contributed by atoms with Gasteiger partial charge in [-0.25, -0.2) is 24.3 Å². The Kier molecular flexibility index (Phi) is 7.17. The molecule has 2 rings (SSSR count). The normalized spacial score (nSPS) is 14.7. The first-order valence-corrected chi connectivity index (χ1v) is 8.89. The summed E-state index contributed by atoms with van der Waals surface area (Å²) in [5.41, 5.74) is 3.28. The van der Waals surface area contributed by atoms with Crippen molar-refractivity contribution < 1.29 is 31.8 Å². The van der Waals surface area contributed by atoms with Gasteiger partial charge in [-0.1, -0.05) is 11.6 Å². The predicted molar refractivity (Wildman–Crippen MR) is 101 cm³/mol. The summed E-state index contributed by atoms with van der Waals surface area (Å²) in [4.78, 5) is 7.18. The molecule has 0 amide bonds. The van der Waals surface area contributed by atoms with Crippen molar-refractivity contribution in [3.05, 3.63) is 58.6 Å². The van der Waals surface area contributed by atoms with Crippen molar-refractivity contribution in [3.8, 4) is 6.01 Å². The molecular weight excluding hydrogens is 449 g/mol. The highest BCUT2D eigenvalue weighted by molar-refractivity contribution is 6.31. The van der Waals surface area contributed by atoms with Crippen molar-refractivity contribution in [2.75, 3.05) is 11.9 Å². The van der Waals surface area contributed by atoms with Gasteiger partial charge in [0.05, 0.1) is 0 Å². The number of hydrogen-bond acceptors (Lipinski definition) is 7. The molecule has 2 aromatic rings. The molecule has 0 saturated carbocycles. The molecule has 0 saturated heterocycles. The van der Waals surface area contributed by atoms with Crippen LogP contribution >= 0.6 is 11.6 Å². The predicted octanol–water partition coefficient (Wildman–Crippen LogP) is 5.37. The maximum absolute atomic E-state index is 13.5. The van der Waals surface area contributed by atoms with Crippen LogP contribution in [0.5, 0.6) is 6.01 Å². The zero-order chi connectivity index (χ0) is 23.4. The Bertz CT molecular complexity index is 959. The molecule has 0 radical (unpaired) electrons. The Hall–Kier alpha value is -2.86. The van der Waals surface area contributed by atoms with E-state index in [0.29, 0.717) is 13.8 Å². The summed E-state index contributed by atoms with van der Waals surface area (Å²) >= 11 is 5.77. The molecule has 31 heavy (non-hydrogen) atoms. The lowest BCUT2D eigenvalue weighted by Gasteiger charge is -2.25. The summed E-state index contributed by atoms with van der Waals surface area (Å²) in [6.07, 6.45) is -2.20. The average Bonchev–Trinajstić information content (AvgIpc) is 2.67. The van der Waals surface area contributed by atoms with Crippen molar-refractivity contribution in [2.24, 2.45) is 5.11 Å². The van der Waals surface area contributed by atoms with Crippen LogP contribution < -0.4 is 10.1 Å². The summed E-state index contributed by atoms with van der Waals surface area (Å²) < 4.78 is 70.7. The van der Waals surface area contributed by atoms with E-state index in [9.17, 15) is 27.1 Å². The first-order chi connectivity index (χ1) is 14.3. The lowest BCUT2D eigenvalue weighted by molar-refractivity contribution is -0.259. The molecule has 0 spiro atoms. The minimum Gasteiger partial charge on any atom is -0.457 e. The minimum absolute atomic E-state index is 0.00489. The number of halogens is 6. The number of aliphatic hydroxyl groups is 1. The molecule has 1 aromatic heterocycles. The number of benzene rings is 1. The van der Waals surface area contributed by atoms with Crippen molar-refractivity contribution >= 4 is 17.3 Å². The second-order valence-electron chi connectivity index (χ2n) is 6.59. The molecule has 168 valence electrons. The van der Waals surface area contributed by atoms with E-state index in [1.807, 2.05) is 0 Å². The number of rotatable bonds is 8. The maximum atomic E-state index is 13.5. The van der Waals surface area contributed by atoms with E-state index in [0.717, 1.165) is 18.5 Å². The van der Waals surface area contributed by atoms with Gasteiger partial charge in [0.2, 0.25) is 0 Å². The monoisotopic (exact) mass is 465 g/mol. The number of aromatic nitrogens is 2. The van der Waals surface area contributed by atoms with Crippen LogP contribution in [0.3, 0.4) is 0 Å². The Labute approximate surface area is 178 Å². The van der Waals surface area contributed by atoms with Crippen LogP contribution in [-0.4, -0.2) is 27.9 Å². The third kappa shape index (κ3) is 6.07. The van der Waals surface area contributed by atoms with Crippen LogP contribution in [0.2, 0.25) is 5.02 Å². The smallest absolute Gasteiger partial charge is 0.421 e. The van der Waals surface area contributed by atoms with E-state index in [-0.39, 0.29) is 29.0 Å². The number of nitrogens with zero attached hydrogens (tertiary/aromatic N) is 3. The van der Waals surface area contributed by atoms with E-state index in [4.69, 9.17) is 21.9 Å². The highest BCUT2D eigenvalue weighted by atomic mass is 35.5. The number of ether oxygens (including phenoxy) is 1. The Balaban J connectivity index is 2.06. The summed E-state index contributed by atoms with van der Waals surface area (Å²) in [7, 11) is 0. The van der Waals surface area contributed by atoms with E-state index in [1.54, 1.807) is 0 Å². The van der Waals surface area contributed by atoms with Gasteiger partial charge in [0.1, 0.15) is 12.3 Å². The van der Waals surface area contributed by atoms with Gasteiger partial charge in [0.15, 0.2) is 5.60 Å². The molecule has 1 heterocycles. The van der Waals surface area contributed by atoms with E-state index in [1.165, 1.54) is 18.3 Å². The summed E-state index contributed by atoms with van der Waals surface area (Å²) in [5.74, 6) is -3.16. The standard InChI is InChI=1S/C18H17ClF5N5O2/c1-16(30,18(22,23)24)10-6-27-15(28-7-10)31-9-12(29-25)8-26-11-3-4-14(19)13(5-11)17(2,20)21/h3-8,25-26,30H,9H2,1-2H3/b12-8-,29-25?. The highest BCUT2D eigenvalue weighted by Crippen LogP contribution is 2.38. The zero-order valence-corrected chi connectivity index (χ0v) is 16.9. The van der Waals surface area contributed by atoms with Crippen LogP contribution in [0.4, 0.5) is 27.6 Å². The molecule has 0 aliphatic carbocycles. The van der Waals surface area contributed by atoms with Crippen molar-refractivity contribution in [1.82, 2.24) is 9.97 Å². The van der Waals surface area contributed by atoms with Crippen molar-refractivity contribution in [1.29, 1.82) is 5.53 Å². The molecule has 0 fully saturated rings. The van der Waals surface area contributed by atoms with Gasteiger partial charge in [-0.15, -0.1) is 0 Å². The molecule has 1 atom stereocenters. The fraction of sp³-hybridized carbons (Fsp3) is 0.333. The summed E-state index contributed by atoms with van der Waals surface area (Å²) in [6.45, 7) is 0.912. The Morgan fingerprint density at radius 2 is 1.84 bits per heavy atom. The first-order valence-electron chi connectivity index (χ1n) is 8.51. The molecule has 0 aliphatic heterocycles. The topological polar surface area (TPSA) is 103 Å².